The van der Waals surface area contributed by atoms with Crippen molar-refractivity contribution >= 4 is 29.3 Å². The van der Waals surface area contributed by atoms with Crippen molar-refractivity contribution in [2.45, 2.75) is 38.6 Å². The molecule has 0 fully saturated rings. The number of aliphatic carboxylic acids is 1. The van der Waals surface area contributed by atoms with Crippen LogP contribution in [-0.2, 0) is 14.4 Å². The zero-order valence-corrected chi connectivity index (χ0v) is 13.8. The van der Waals surface area contributed by atoms with Crippen LogP contribution < -0.4 is 15.4 Å². The number of anilines is 1. The fourth-order valence-corrected chi connectivity index (χ4v) is 2.44. The van der Waals surface area contributed by atoms with Crippen molar-refractivity contribution in [2.75, 3.05) is 11.9 Å². The molecule has 1 heterocycles. The quantitative estimate of drug-likeness (QED) is 0.610. The molecule has 0 saturated heterocycles. The Kier molecular flexibility index (Phi) is 6.10. The highest BCUT2D eigenvalue weighted by Gasteiger charge is 2.20. The van der Waals surface area contributed by atoms with Gasteiger partial charge in [0.2, 0.25) is 5.91 Å². The Morgan fingerprint density at radius 3 is 2.76 bits per heavy atom. The first-order chi connectivity index (χ1) is 11.9. The summed E-state index contributed by atoms with van der Waals surface area (Å²) in [7, 11) is 0. The van der Waals surface area contributed by atoms with Crippen molar-refractivity contribution in [3.8, 4) is 5.75 Å². The highest BCUT2D eigenvalue weighted by molar-refractivity contribution is 6.01. The smallest absolute Gasteiger partial charge is 0.326 e. The first kappa shape index (κ1) is 18.4. The predicted molar refractivity (Wildman–Crippen MR) is 88.6 cm³/mol. The third-order valence-corrected chi connectivity index (χ3v) is 3.72. The van der Waals surface area contributed by atoms with Gasteiger partial charge < -0.3 is 20.5 Å². The number of fused-ring (bicyclic) bond motifs is 1. The van der Waals surface area contributed by atoms with Crippen molar-refractivity contribution in [3.05, 3.63) is 23.8 Å². The van der Waals surface area contributed by atoms with E-state index in [9.17, 15) is 19.2 Å². The molecule has 1 aliphatic rings. The molecule has 8 nitrogen and oxygen atoms in total. The van der Waals surface area contributed by atoms with Gasteiger partial charge in [0.15, 0.2) is 12.4 Å². The van der Waals surface area contributed by atoms with Gasteiger partial charge >= 0.3 is 5.97 Å². The Bertz CT molecular complexity index is 700. The van der Waals surface area contributed by atoms with E-state index in [1.54, 1.807) is 12.1 Å². The monoisotopic (exact) mass is 348 g/mol. The second kappa shape index (κ2) is 8.27. The molecule has 2 amide bonds. The summed E-state index contributed by atoms with van der Waals surface area (Å²) in [5.74, 6) is -1.67. The molecule has 1 unspecified atom stereocenters. The molecule has 0 aromatic heterocycles. The highest BCUT2D eigenvalue weighted by atomic mass is 16.5. The molecule has 2 rings (SSSR count). The van der Waals surface area contributed by atoms with Gasteiger partial charge in [0.25, 0.3) is 5.91 Å². The van der Waals surface area contributed by atoms with Crippen LogP contribution in [0.15, 0.2) is 18.2 Å². The van der Waals surface area contributed by atoms with Crippen LogP contribution in [0.5, 0.6) is 5.75 Å². The number of amides is 2. The number of rotatable bonds is 8. The van der Waals surface area contributed by atoms with Gasteiger partial charge in [-0.1, -0.05) is 13.3 Å². The van der Waals surface area contributed by atoms with Gasteiger partial charge in [-0.25, -0.2) is 4.79 Å². The third-order valence-electron chi connectivity index (χ3n) is 3.72. The summed E-state index contributed by atoms with van der Waals surface area (Å²) >= 11 is 0. The highest BCUT2D eigenvalue weighted by Crippen LogP contribution is 2.28. The van der Waals surface area contributed by atoms with E-state index in [-0.39, 0.29) is 31.1 Å². The number of hydrogen-bond donors (Lipinski definition) is 3. The lowest BCUT2D eigenvalue weighted by atomic mass is 10.0. The van der Waals surface area contributed by atoms with E-state index in [1.165, 1.54) is 6.07 Å². The van der Waals surface area contributed by atoms with Gasteiger partial charge in [-0.2, -0.15) is 0 Å². The van der Waals surface area contributed by atoms with E-state index < -0.39 is 17.9 Å². The number of carboxylic acids is 1. The molecule has 3 N–H and O–H groups in total. The van der Waals surface area contributed by atoms with E-state index >= 15 is 0 Å². The standard InChI is InChI=1S/C17H20N2O6/c1-2-3-11(17(23)24)18-15(21)7-5-13(20)10-4-6-14-12(8-10)19-16(22)9-25-14/h4,6,8,11H,2-3,5,7,9H2,1H3,(H,18,21)(H,19,22)(H,23,24). The van der Waals surface area contributed by atoms with E-state index in [1.807, 2.05) is 6.92 Å². The summed E-state index contributed by atoms with van der Waals surface area (Å²) in [4.78, 5) is 46.4. The van der Waals surface area contributed by atoms with Crippen LogP contribution in [0.3, 0.4) is 0 Å². The average Bonchev–Trinajstić information content (AvgIpc) is 2.58. The van der Waals surface area contributed by atoms with Crippen LogP contribution in [0.25, 0.3) is 0 Å². The number of carbonyl (C=O) groups excluding carboxylic acids is 3. The van der Waals surface area contributed by atoms with Crippen molar-refractivity contribution in [1.29, 1.82) is 0 Å². The summed E-state index contributed by atoms with van der Waals surface area (Å²) in [6.07, 6.45) is 0.794. The fraction of sp³-hybridized carbons (Fsp3) is 0.412. The summed E-state index contributed by atoms with van der Waals surface area (Å²) in [6, 6.07) is 3.71. The van der Waals surface area contributed by atoms with Crippen LogP contribution in [0.2, 0.25) is 0 Å². The van der Waals surface area contributed by atoms with E-state index in [2.05, 4.69) is 10.6 Å². The maximum Gasteiger partial charge on any atom is 0.326 e. The largest absolute Gasteiger partial charge is 0.482 e. The summed E-state index contributed by atoms with van der Waals surface area (Å²) < 4.78 is 5.21. The van der Waals surface area contributed by atoms with Gasteiger partial charge in [-0.05, 0) is 24.6 Å². The van der Waals surface area contributed by atoms with Crippen LogP contribution >= 0.6 is 0 Å². The normalized spacial score (nSPS) is 13.9. The number of benzene rings is 1. The maximum absolute atomic E-state index is 12.2. The van der Waals surface area contributed by atoms with E-state index in [0.717, 1.165) is 0 Å². The number of carbonyl (C=O) groups is 4. The molecule has 1 atom stereocenters. The van der Waals surface area contributed by atoms with Crippen molar-refractivity contribution in [2.24, 2.45) is 0 Å². The second-order valence-corrected chi connectivity index (χ2v) is 5.72. The van der Waals surface area contributed by atoms with Crippen molar-refractivity contribution in [3.63, 3.8) is 0 Å². The molecule has 0 radical (unpaired) electrons. The van der Waals surface area contributed by atoms with Crippen molar-refractivity contribution < 1.29 is 29.0 Å². The zero-order chi connectivity index (χ0) is 18.4. The second-order valence-electron chi connectivity index (χ2n) is 5.72. The minimum atomic E-state index is -1.09. The number of ether oxygens (including phenoxy) is 1. The van der Waals surface area contributed by atoms with Gasteiger partial charge in [0.1, 0.15) is 11.8 Å². The number of Topliss-reactive ketones (excluding diaryl/α,β-unsaturated/α-hetero) is 1. The summed E-state index contributed by atoms with van der Waals surface area (Å²) in [5, 5.41) is 14.0. The number of ketones is 1. The van der Waals surface area contributed by atoms with Crippen molar-refractivity contribution in [1.82, 2.24) is 5.32 Å². The Hall–Kier alpha value is -2.90. The molecule has 0 spiro atoms. The lowest BCUT2D eigenvalue weighted by Gasteiger charge is -2.18. The molecule has 0 saturated carbocycles. The molecule has 1 aromatic rings. The molecule has 1 aromatic carbocycles. The number of carboxylic acid groups (broad SMARTS) is 1. The molecule has 8 heteroatoms. The first-order valence-electron chi connectivity index (χ1n) is 8.02. The van der Waals surface area contributed by atoms with Crippen LogP contribution in [0.4, 0.5) is 5.69 Å². The van der Waals surface area contributed by atoms with Gasteiger partial charge in [0.05, 0.1) is 5.69 Å². The summed E-state index contributed by atoms with van der Waals surface area (Å²) in [6.45, 7) is 1.76. The minimum absolute atomic E-state index is 0.0577. The lowest BCUT2D eigenvalue weighted by molar-refractivity contribution is -0.142. The van der Waals surface area contributed by atoms with E-state index in [0.29, 0.717) is 29.8 Å². The Balaban J connectivity index is 1.92. The molecule has 25 heavy (non-hydrogen) atoms. The number of nitrogens with one attached hydrogen (secondary N) is 2. The Morgan fingerprint density at radius 2 is 2.08 bits per heavy atom. The lowest BCUT2D eigenvalue weighted by Crippen LogP contribution is -2.40. The zero-order valence-electron chi connectivity index (χ0n) is 13.8. The average molecular weight is 348 g/mol. The van der Waals surface area contributed by atoms with Crippen LogP contribution in [0.1, 0.15) is 43.0 Å². The first-order valence-corrected chi connectivity index (χ1v) is 8.02. The SMILES string of the molecule is CCCC(NC(=O)CCC(=O)c1ccc2c(c1)NC(=O)CO2)C(=O)O. The molecule has 0 aliphatic carbocycles. The molecule has 0 bridgehead atoms. The van der Waals surface area contributed by atoms with Gasteiger partial charge in [-0.15, -0.1) is 0 Å². The molecular weight excluding hydrogens is 328 g/mol. The maximum atomic E-state index is 12.2. The molecule has 1 aliphatic heterocycles. The Morgan fingerprint density at radius 1 is 1.32 bits per heavy atom. The van der Waals surface area contributed by atoms with Crippen LogP contribution in [-0.4, -0.2) is 41.3 Å². The third kappa shape index (κ3) is 5.03. The fourth-order valence-electron chi connectivity index (χ4n) is 2.44. The Labute approximate surface area is 144 Å². The van der Waals surface area contributed by atoms with Gasteiger partial charge in [-0.3, -0.25) is 14.4 Å². The number of hydrogen-bond acceptors (Lipinski definition) is 5. The molecule has 134 valence electrons. The predicted octanol–water partition coefficient (Wildman–Crippen LogP) is 1.35. The minimum Gasteiger partial charge on any atom is -0.482 e. The summed E-state index contributed by atoms with van der Waals surface area (Å²) in [5.41, 5.74) is 0.765. The molecular formula is C17H20N2O6. The van der Waals surface area contributed by atoms with E-state index in [4.69, 9.17) is 9.84 Å². The van der Waals surface area contributed by atoms with Crippen LogP contribution in [0, 0.1) is 0 Å². The van der Waals surface area contributed by atoms with Gasteiger partial charge in [0, 0.05) is 18.4 Å². The topological polar surface area (TPSA) is 122 Å².